The summed E-state index contributed by atoms with van der Waals surface area (Å²) in [7, 11) is -0.508. The number of benzene rings is 2. The third kappa shape index (κ3) is 6.22. The lowest BCUT2D eigenvalue weighted by Crippen LogP contribution is -2.32. The van der Waals surface area contributed by atoms with Crippen LogP contribution in [0.25, 0.3) is 0 Å². The summed E-state index contributed by atoms with van der Waals surface area (Å²) in [5.74, 6) is 0.894. The number of hydrogen-bond donors (Lipinski definition) is 1. The predicted molar refractivity (Wildman–Crippen MR) is 110 cm³/mol. The number of ether oxygens (including phenoxy) is 2. The van der Waals surface area contributed by atoms with Crippen LogP contribution in [0.1, 0.15) is 5.56 Å². The van der Waals surface area contributed by atoms with Crippen molar-refractivity contribution in [2.45, 2.75) is 11.8 Å². The quantitative estimate of drug-likeness (QED) is 0.569. The molecule has 0 heterocycles. The number of aryl methyl sites for hydroxylation is 1. The van der Waals surface area contributed by atoms with Crippen LogP contribution in [-0.2, 0) is 14.8 Å². The van der Waals surface area contributed by atoms with Gasteiger partial charge in [0.2, 0.25) is 10.0 Å². The molecule has 0 aliphatic carbocycles. The Bertz CT molecular complexity index is 914. The fraction of sp³-hybridized carbons (Fsp3) is 0.316. The van der Waals surface area contributed by atoms with Gasteiger partial charge in [0.15, 0.2) is 6.61 Å². The highest BCUT2D eigenvalue weighted by atomic mass is 79.9. The minimum absolute atomic E-state index is 0.0852. The number of carbonyl (C=O) groups excluding carboxylic acids is 1. The van der Waals surface area contributed by atoms with Gasteiger partial charge in [-0.2, -0.15) is 0 Å². The molecule has 9 heteroatoms. The fourth-order valence-electron chi connectivity index (χ4n) is 2.18. The molecule has 1 amide bonds. The molecule has 0 aromatic heterocycles. The second kappa shape index (κ2) is 9.90. The maximum Gasteiger partial charge on any atom is 0.258 e. The monoisotopic (exact) mass is 470 g/mol. The Kier molecular flexibility index (Phi) is 7.85. The van der Waals surface area contributed by atoms with Gasteiger partial charge in [-0.15, -0.1) is 0 Å². The molecule has 0 bridgehead atoms. The van der Waals surface area contributed by atoms with Crippen LogP contribution in [0, 0.1) is 6.92 Å². The van der Waals surface area contributed by atoms with E-state index in [9.17, 15) is 13.2 Å². The maximum absolute atomic E-state index is 12.0. The Morgan fingerprint density at radius 2 is 1.71 bits per heavy atom. The van der Waals surface area contributed by atoms with Crippen molar-refractivity contribution >= 4 is 31.9 Å². The second-order valence-corrected chi connectivity index (χ2v) is 9.16. The number of hydrogen-bond acceptors (Lipinski definition) is 5. The van der Waals surface area contributed by atoms with Crippen molar-refractivity contribution in [3.05, 3.63) is 52.5 Å². The first-order valence-corrected chi connectivity index (χ1v) is 10.7. The molecule has 28 heavy (non-hydrogen) atoms. The van der Waals surface area contributed by atoms with Gasteiger partial charge in [-0.25, -0.2) is 12.7 Å². The van der Waals surface area contributed by atoms with E-state index in [1.165, 1.54) is 26.2 Å². The Hall–Kier alpha value is -2.10. The van der Waals surface area contributed by atoms with Crippen LogP contribution in [0.4, 0.5) is 0 Å². The zero-order chi connectivity index (χ0) is 20.7. The summed E-state index contributed by atoms with van der Waals surface area (Å²) in [6.45, 7) is 2.41. The Labute approximate surface area is 173 Å². The number of carbonyl (C=O) groups is 1. The third-order valence-corrected chi connectivity index (χ3v) is 6.51. The molecule has 0 unspecified atom stereocenters. The van der Waals surface area contributed by atoms with Crippen LogP contribution < -0.4 is 14.8 Å². The van der Waals surface area contributed by atoms with Gasteiger partial charge >= 0.3 is 0 Å². The summed E-state index contributed by atoms with van der Waals surface area (Å²) in [6, 6.07) is 11.6. The van der Waals surface area contributed by atoms with Crippen LogP contribution >= 0.6 is 15.9 Å². The van der Waals surface area contributed by atoms with Crippen LogP contribution in [0.3, 0.4) is 0 Å². The number of rotatable bonds is 9. The molecule has 0 radical (unpaired) electrons. The zero-order valence-corrected chi connectivity index (χ0v) is 18.3. The highest BCUT2D eigenvalue weighted by Gasteiger charge is 2.16. The van der Waals surface area contributed by atoms with Crippen molar-refractivity contribution in [1.82, 2.24) is 9.62 Å². The van der Waals surface area contributed by atoms with E-state index in [2.05, 4.69) is 21.2 Å². The number of nitrogens with one attached hydrogen (secondary N) is 1. The topological polar surface area (TPSA) is 84.9 Å². The van der Waals surface area contributed by atoms with E-state index in [4.69, 9.17) is 9.47 Å². The van der Waals surface area contributed by atoms with E-state index in [0.717, 1.165) is 14.3 Å². The summed E-state index contributed by atoms with van der Waals surface area (Å²) in [6.07, 6.45) is 0. The van der Waals surface area contributed by atoms with Gasteiger partial charge in [-0.05, 0) is 55.0 Å². The summed E-state index contributed by atoms with van der Waals surface area (Å²) in [5, 5.41) is 2.70. The molecule has 1 N–H and O–H groups in total. The normalized spacial score (nSPS) is 11.3. The molecule has 0 saturated carbocycles. The number of halogens is 1. The molecule has 7 nitrogen and oxygen atoms in total. The minimum atomic E-state index is -3.46. The van der Waals surface area contributed by atoms with E-state index < -0.39 is 10.0 Å². The van der Waals surface area contributed by atoms with Crippen molar-refractivity contribution in [3.63, 3.8) is 0 Å². The molecule has 2 aromatic rings. The van der Waals surface area contributed by atoms with Crippen molar-refractivity contribution in [3.8, 4) is 11.5 Å². The number of nitrogens with zero attached hydrogens (tertiary/aromatic N) is 1. The van der Waals surface area contributed by atoms with Gasteiger partial charge < -0.3 is 14.8 Å². The van der Waals surface area contributed by atoms with E-state index >= 15 is 0 Å². The molecule has 0 spiro atoms. The summed E-state index contributed by atoms with van der Waals surface area (Å²) in [4.78, 5) is 12.0. The van der Waals surface area contributed by atoms with Gasteiger partial charge in [0.05, 0.1) is 11.4 Å². The van der Waals surface area contributed by atoms with E-state index in [1.807, 2.05) is 19.1 Å². The molecule has 2 aromatic carbocycles. The smallest absolute Gasteiger partial charge is 0.258 e. The van der Waals surface area contributed by atoms with Gasteiger partial charge in [-0.1, -0.05) is 15.9 Å². The molecule has 152 valence electrons. The van der Waals surface area contributed by atoms with Crippen LogP contribution in [-0.4, -0.2) is 52.5 Å². The molecule has 0 aliphatic heterocycles. The minimum Gasteiger partial charge on any atom is -0.492 e. The van der Waals surface area contributed by atoms with E-state index in [1.54, 1.807) is 18.2 Å². The predicted octanol–water partition coefficient (Wildman–Crippen LogP) is 2.58. The van der Waals surface area contributed by atoms with E-state index in [-0.39, 0.29) is 24.0 Å². The first-order valence-electron chi connectivity index (χ1n) is 8.51. The number of sulfonamides is 1. The average Bonchev–Trinajstić information content (AvgIpc) is 2.66. The molecule has 0 atom stereocenters. The Balaban J connectivity index is 1.72. The Morgan fingerprint density at radius 3 is 2.32 bits per heavy atom. The average molecular weight is 471 g/mol. The number of amides is 1. The molecular weight excluding hydrogens is 448 g/mol. The molecular formula is C19H23BrN2O5S. The van der Waals surface area contributed by atoms with Crippen molar-refractivity contribution < 1.29 is 22.7 Å². The van der Waals surface area contributed by atoms with Crippen molar-refractivity contribution in [2.24, 2.45) is 0 Å². The lowest BCUT2D eigenvalue weighted by Gasteiger charge is -2.12. The van der Waals surface area contributed by atoms with Crippen molar-refractivity contribution in [2.75, 3.05) is 33.9 Å². The summed E-state index contributed by atoms with van der Waals surface area (Å²) >= 11 is 3.41. The highest BCUT2D eigenvalue weighted by Crippen LogP contribution is 2.21. The highest BCUT2D eigenvalue weighted by molar-refractivity contribution is 9.10. The summed E-state index contributed by atoms with van der Waals surface area (Å²) < 4.78 is 37.1. The van der Waals surface area contributed by atoms with Gasteiger partial charge in [0, 0.05) is 18.6 Å². The lowest BCUT2D eigenvalue weighted by atomic mass is 10.2. The van der Waals surface area contributed by atoms with Gasteiger partial charge in [0.25, 0.3) is 5.91 Å². The first-order chi connectivity index (χ1) is 13.2. The maximum atomic E-state index is 12.0. The molecule has 0 aliphatic rings. The van der Waals surface area contributed by atoms with E-state index in [0.29, 0.717) is 18.0 Å². The van der Waals surface area contributed by atoms with Gasteiger partial charge in [0.1, 0.15) is 18.1 Å². The van der Waals surface area contributed by atoms with Crippen molar-refractivity contribution in [1.29, 1.82) is 0 Å². The largest absolute Gasteiger partial charge is 0.492 e. The zero-order valence-electron chi connectivity index (χ0n) is 15.9. The van der Waals surface area contributed by atoms with Gasteiger partial charge in [-0.3, -0.25) is 4.79 Å². The lowest BCUT2D eigenvalue weighted by molar-refractivity contribution is -0.123. The van der Waals surface area contributed by atoms with Crippen LogP contribution in [0.2, 0.25) is 0 Å². The fourth-order valence-corrected chi connectivity index (χ4v) is 3.33. The molecule has 0 fully saturated rings. The molecule has 2 rings (SSSR count). The van der Waals surface area contributed by atoms with Crippen LogP contribution in [0.15, 0.2) is 51.8 Å². The third-order valence-electron chi connectivity index (χ3n) is 3.79. The first kappa shape index (κ1) is 22.2. The summed E-state index contributed by atoms with van der Waals surface area (Å²) in [5.41, 5.74) is 1.02. The SMILES string of the molecule is Cc1cc(OCC(=O)NCCOc2ccc(S(=O)(=O)N(C)C)cc2)ccc1Br. The van der Waals surface area contributed by atoms with Crippen LogP contribution in [0.5, 0.6) is 11.5 Å². The standard InChI is InChI=1S/C19H23BrN2O5S/c1-14-12-16(6-9-18(14)20)27-13-19(23)21-10-11-26-15-4-7-17(8-5-15)28(24,25)22(2)3/h4-9,12H,10-11,13H2,1-3H3,(H,21,23). The molecule has 0 saturated heterocycles. The Morgan fingerprint density at radius 1 is 1.07 bits per heavy atom. The second-order valence-electron chi connectivity index (χ2n) is 6.16.